The van der Waals surface area contributed by atoms with Gasteiger partial charge in [0.2, 0.25) is 0 Å². The third kappa shape index (κ3) is 2.45. The summed E-state index contributed by atoms with van der Waals surface area (Å²) in [6.45, 7) is 11.3. The van der Waals surface area contributed by atoms with Crippen molar-refractivity contribution in [2.45, 2.75) is 78.1 Å². The molecule has 112 valence electrons. The van der Waals surface area contributed by atoms with Crippen molar-refractivity contribution in [1.29, 1.82) is 0 Å². The maximum absolute atomic E-state index is 10.1. The molecule has 2 bridgehead atoms. The minimum atomic E-state index is -0.812. The van der Waals surface area contributed by atoms with Gasteiger partial charge < -0.3 is 15.6 Å². The van der Waals surface area contributed by atoms with Crippen LogP contribution in [0, 0.1) is 16.7 Å². The lowest BCUT2D eigenvalue weighted by Crippen LogP contribution is -2.42. The van der Waals surface area contributed by atoms with E-state index in [1.54, 1.807) is 6.92 Å². The summed E-state index contributed by atoms with van der Waals surface area (Å²) < 4.78 is 6.31. The maximum atomic E-state index is 10.1. The molecule has 2 aliphatic carbocycles. The molecule has 2 saturated carbocycles. The Morgan fingerprint density at radius 3 is 2.47 bits per heavy atom. The Morgan fingerprint density at radius 2 is 2.05 bits per heavy atom. The summed E-state index contributed by atoms with van der Waals surface area (Å²) in [5.41, 5.74) is 5.45. The van der Waals surface area contributed by atoms with Crippen LogP contribution in [0.5, 0.6) is 0 Å². The first-order chi connectivity index (χ1) is 8.62. The molecule has 2 aliphatic rings. The zero-order chi connectivity index (χ0) is 14.5. The Bertz CT molecular complexity index is 340. The maximum Gasteiger partial charge on any atom is 0.0766 e. The van der Waals surface area contributed by atoms with Gasteiger partial charge in [0, 0.05) is 13.0 Å². The lowest BCUT2D eigenvalue weighted by atomic mass is 9.70. The Kier molecular flexibility index (Phi) is 3.79. The third-order valence-corrected chi connectivity index (χ3v) is 6.28. The normalized spacial score (nSPS) is 41.2. The number of hydrogen-bond acceptors (Lipinski definition) is 3. The van der Waals surface area contributed by atoms with Crippen molar-refractivity contribution >= 4 is 0 Å². The van der Waals surface area contributed by atoms with Crippen molar-refractivity contribution in [3.63, 3.8) is 0 Å². The van der Waals surface area contributed by atoms with Crippen LogP contribution in [0.25, 0.3) is 0 Å². The third-order valence-electron chi connectivity index (χ3n) is 6.28. The molecule has 0 heterocycles. The molecule has 0 spiro atoms. The number of ether oxygens (including phenoxy) is 1. The smallest absolute Gasteiger partial charge is 0.0766 e. The second-order valence-electron chi connectivity index (χ2n) is 7.95. The summed E-state index contributed by atoms with van der Waals surface area (Å²) in [5.74, 6) is 0.796. The molecule has 3 nitrogen and oxygen atoms in total. The van der Waals surface area contributed by atoms with Crippen molar-refractivity contribution in [2.24, 2.45) is 22.5 Å². The van der Waals surface area contributed by atoms with E-state index >= 15 is 0 Å². The summed E-state index contributed by atoms with van der Waals surface area (Å²) in [7, 11) is 0. The van der Waals surface area contributed by atoms with Gasteiger partial charge in [0.25, 0.3) is 0 Å². The fraction of sp³-hybridized carbons (Fsp3) is 1.00. The number of aliphatic hydroxyl groups is 1. The zero-order valence-electron chi connectivity index (χ0n) is 13.2. The molecule has 0 aromatic rings. The average molecular weight is 269 g/mol. The van der Waals surface area contributed by atoms with Gasteiger partial charge in [-0.25, -0.2) is 0 Å². The molecular formula is C16H31NO2. The van der Waals surface area contributed by atoms with E-state index in [2.05, 4.69) is 27.7 Å². The Hall–Kier alpha value is -0.120. The van der Waals surface area contributed by atoms with Crippen molar-refractivity contribution < 1.29 is 9.84 Å². The van der Waals surface area contributed by atoms with E-state index in [4.69, 9.17) is 10.5 Å². The van der Waals surface area contributed by atoms with Crippen LogP contribution in [0.1, 0.15) is 60.3 Å². The Morgan fingerprint density at radius 1 is 1.42 bits per heavy atom. The molecule has 3 heteroatoms. The van der Waals surface area contributed by atoms with E-state index in [-0.39, 0.29) is 12.6 Å². The van der Waals surface area contributed by atoms with Gasteiger partial charge in [-0.2, -0.15) is 0 Å². The molecule has 2 rings (SSSR count). The average Bonchev–Trinajstić information content (AvgIpc) is 2.61. The quantitative estimate of drug-likeness (QED) is 0.807. The van der Waals surface area contributed by atoms with Gasteiger partial charge in [-0.3, -0.25) is 0 Å². The second kappa shape index (κ2) is 4.71. The van der Waals surface area contributed by atoms with E-state index in [9.17, 15) is 5.11 Å². The first kappa shape index (κ1) is 15.3. The molecule has 0 aromatic carbocycles. The zero-order valence-corrected chi connectivity index (χ0v) is 13.2. The molecule has 0 radical (unpaired) electrons. The highest BCUT2D eigenvalue weighted by atomic mass is 16.5. The van der Waals surface area contributed by atoms with Crippen molar-refractivity contribution in [3.8, 4) is 0 Å². The second-order valence-corrected chi connectivity index (χ2v) is 7.95. The monoisotopic (exact) mass is 269 g/mol. The fourth-order valence-electron chi connectivity index (χ4n) is 4.37. The number of hydrogen-bond donors (Lipinski definition) is 2. The highest BCUT2D eigenvalue weighted by Crippen LogP contribution is 2.66. The van der Waals surface area contributed by atoms with Gasteiger partial charge in [0.1, 0.15) is 0 Å². The van der Waals surface area contributed by atoms with E-state index in [0.29, 0.717) is 23.4 Å². The number of fused-ring (bicyclic) bond motifs is 2. The predicted octanol–water partition coefficient (Wildman–Crippen LogP) is 2.71. The molecule has 0 aliphatic heterocycles. The fourth-order valence-corrected chi connectivity index (χ4v) is 4.37. The van der Waals surface area contributed by atoms with Gasteiger partial charge in [-0.05, 0) is 49.9 Å². The lowest BCUT2D eigenvalue weighted by molar-refractivity contribution is -0.102. The molecule has 2 fully saturated rings. The van der Waals surface area contributed by atoms with E-state index in [0.717, 1.165) is 5.92 Å². The van der Waals surface area contributed by atoms with Crippen LogP contribution in [0.2, 0.25) is 0 Å². The van der Waals surface area contributed by atoms with Crippen LogP contribution >= 0.6 is 0 Å². The van der Waals surface area contributed by atoms with Crippen LogP contribution in [0.15, 0.2) is 0 Å². The van der Waals surface area contributed by atoms with E-state index < -0.39 is 5.60 Å². The van der Waals surface area contributed by atoms with Gasteiger partial charge in [0.15, 0.2) is 0 Å². The van der Waals surface area contributed by atoms with Gasteiger partial charge in [-0.15, -0.1) is 0 Å². The van der Waals surface area contributed by atoms with Crippen molar-refractivity contribution in [2.75, 3.05) is 6.54 Å². The molecule has 5 unspecified atom stereocenters. The first-order valence-corrected chi connectivity index (χ1v) is 7.70. The standard InChI is InChI=1S/C16H31NO2/c1-11(9-15(4,18)10-17)19-13-8-12-6-7-16(13,5)14(12,2)3/h11-13,18H,6-10,17H2,1-5H3. The molecule has 3 N–H and O–H groups in total. The summed E-state index contributed by atoms with van der Waals surface area (Å²) in [4.78, 5) is 0. The predicted molar refractivity (Wildman–Crippen MR) is 77.9 cm³/mol. The van der Waals surface area contributed by atoms with Gasteiger partial charge in [0.05, 0.1) is 17.8 Å². The summed E-state index contributed by atoms with van der Waals surface area (Å²) in [5, 5.41) is 10.1. The van der Waals surface area contributed by atoms with E-state index in [1.807, 2.05) is 0 Å². The number of rotatable bonds is 5. The lowest BCUT2D eigenvalue weighted by Gasteiger charge is -2.40. The SMILES string of the molecule is CC(CC(C)(O)CN)OC1CC2CCC1(C)C2(C)C. The van der Waals surface area contributed by atoms with Crippen molar-refractivity contribution in [3.05, 3.63) is 0 Å². The highest BCUT2D eigenvalue weighted by molar-refractivity contribution is 5.11. The van der Waals surface area contributed by atoms with Gasteiger partial charge in [-0.1, -0.05) is 20.8 Å². The minimum Gasteiger partial charge on any atom is -0.389 e. The summed E-state index contributed by atoms with van der Waals surface area (Å²) >= 11 is 0. The number of nitrogens with two attached hydrogens (primary N) is 1. The van der Waals surface area contributed by atoms with Crippen LogP contribution in [-0.4, -0.2) is 29.5 Å². The van der Waals surface area contributed by atoms with Crippen LogP contribution in [0.4, 0.5) is 0 Å². The molecule has 0 amide bonds. The molecular weight excluding hydrogens is 238 g/mol. The van der Waals surface area contributed by atoms with E-state index in [1.165, 1.54) is 19.3 Å². The molecule has 0 aromatic heterocycles. The topological polar surface area (TPSA) is 55.5 Å². The minimum absolute atomic E-state index is 0.0653. The summed E-state index contributed by atoms with van der Waals surface area (Å²) in [6, 6.07) is 0. The first-order valence-electron chi connectivity index (χ1n) is 7.70. The summed E-state index contributed by atoms with van der Waals surface area (Å²) in [6.07, 6.45) is 4.81. The van der Waals surface area contributed by atoms with Gasteiger partial charge >= 0.3 is 0 Å². The van der Waals surface area contributed by atoms with Crippen LogP contribution in [0.3, 0.4) is 0 Å². The van der Waals surface area contributed by atoms with Crippen LogP contribution < -0.4 is 5.73 Å². The largest absolute Gasteiger partial charge is 0.389 e. The molecule has 0 saturated heterocycles. The highest BCUT2D eigenvalue weighted by Gasteiger charge is 2.62. The Balaban J connectivity index is 1.98. The molecule has 5 atom stereocenters. The molecule has 19 heavy (non-hydrogen) atoms. The van der Waals surface area contributed by atoms with Crippen molar-refractivity contribution in [1.82, 2.24) is 0 Å². The van der Waals surface area contributed by atoms with Crippen LogP contribution in [-0.2, 0) is 4.74 Å². The Labute approximate surface area is 117 Å².